The van der Waals surface area contributed by atoms with E-state index in [1.54, 1.807) is 18.7 Å². The quantitative estimate of drug-likeness (QED) is 0.460. The molecule has 1 atom stereocenters. The smallest absolute Gasteiger partial charge is 0.416 e. The van der Waals surface area contributed by atoms with Crippen LogP contribution in [0.15, 0.2) is 52.9 Å². The van der Waals surface area contributed by atoms with Gasteiger partial charge < -0.3 is 14.3 Å². The summed E-state index contributed by atoms with van der Waals surface area (Å²) in [4.78, 5) is 17.7. The van der Waals surface area contributed by atoms with Crippen LogP contribution in [-0.4, -0.2) is 45.2 Å². The third-order valence-corrected chi connectivity index (χ3v) is 6.57. The summed E-state index contributed by atoms with van der Waals surface area (Å²) in [5, 5.41) is 9.34. The second-order valence-corrected chi connectivity index (χ2v) is 8.94. The van der Waals surface area contributed by atoms with Gasteiger partial charge in [-0.05, 0) is 48.9 Å². The maximum atomic E-state index is 12.8. The average molecular weight is 493 g/mol. The summed E-state index contributed by atoms with van der Waals surface area (Å²) in [5.74, 6) is 1.96. The van der Waals surface area contributed by atoms with E-state index < -0.39 is 23.8 Å². The summed E-state index contributed by atoms with van der Waals surface area (Å²) in [6.45, 7) is 2.62. The molecule has 3 aromatic rings. The monoisotopic (exact) mass is 492 g/mol. The minimum absolute atomic E-state index is 0.264. The molecule has 180 valence electrons. The zero-order chi connectivity index (χ0) is 24.3. The van der Waals surface area contributed by atoms with Crippen LogP contribution in [-0.2, 0) is 23.9 Å². The van der Waals surface area contributed by atoms with Crippen LogP contribution in [0.5, 0.6) is 5.75 Å². The molecule has 1 aliphatic rings. The number of rotatable bonds is 8. The maximum Gasteiger partial charge on any atom is 0.416 e. The summed E-state index contributed by atoms with van der Waals surface area (Å²) in [6.07, 6.45) is -3.93. The van der Waals surface area contributed by atoms with Gasteiger partial charge in [0.15, 0.2) is 0 Å². The maximum absolute atomic E-state index is 12.8. The summed E-state index contributed by atoms with van der Waals surface area (Å²) in [5.41, 5.74) is 1.38. The van der Waals surface area contributed by atoms with Crippen molar-refractivity contribution in [3.8, 4) is 17.2 Å². The molecule has 0 aliphatic carbocycles. The molecule has 1 saturated heterocycles. The Morgan fingerprint density at radius 2 is 2.03 bits per heavy atom. The predicted molar refractivity (Wildman–Crippen MR) is 122 cm³/mol. The first kappa shape index (κ1) is 24.2. The molecule has 2 aromatic carbocycles. The first-order valence-electron chi connectivity index (χ1n) is 10.6. The van der Waals surface area contributed by atoms with Gasteiger partial charge in [-0.15, -0.1) is 11.8 Å². The van der Waals surface area contributed by atoms with Crippen LogP contribution in [0.25, 0.3) is 11.5 Å². The van der Waals surface area contributed by atoms with Crippen molar-refractivity contribution in [3.05, 3.63) is 71.1 Å². The van der Waals surface area contributed by atoms with Crippen LogP contribution >= 0.6 is 11.8 Å². The summed E-state index contributed by atoms with van der Waals surface area (Å²) in [7, 11) is 0. The molecule has 10 heteroatoms. The highest BCUT2D eigenvalue weighted by Gasteiger charge is 2.31. The number of nitrogens with zero attached hydrogens (tertiary/aromatic N) is 2. The van der Waals surface area contributed by atoms with Gasteiger partial charge in [-0.1, -0.05) is 12.1 Å². The van der Waals surface area contributed by atoms with Crippen molar-refractivity contribution in [1.82, 2.24) is 9.88 Å². The highest BCUT2D eigenvalue weighted by atomic mass is 32.2. The van der Waals surface area contributed by atoms with Crippen LogP contribution in [0.4, 0.5) is 13.2 Å². The minimum Gasteiger partial charge on any atom is -0.493 e. The Morgan fingerprint density at radius 3 is 2.74 bits per heavy atom. The molecule has 0 saturated carbocycles. The van der Waals surface area contributed by atoms with E-state index in [2.05, 4.69) is 4.98 Å². The van der Waals surface area contributed by atoms with Gasteiger partial charge in [-0.2, -0.15) is 13.2 Å². The number of halogens is 3. The van der Waals surface area contributed by atoms with E-state index in [9.17, 15) is 23.1 Å². The van der Waals surface area contributed by atoms with E-state index in [1.165, 1.54) is 12.1 Å². The zero-order valence-corrected chi connectivity index (χ0v) is 19.2. The number of benzene rings is 2. The molecule has 0 radical (unpaired) electrons. The van der Waals surface area contributed by atoms with Crippen molar-refractivity contribution < 1.29 is 32.2 Å². The fraction of sp³-hybridized carbons (Fsp3) is 0.333. The molecule has 1 N–H and O–H groups in total. The molecule has 0 amide bonds. The molecule has 1 aliphatic heterocycles. The van der Waals surface area contributed by atoms with Crippen LogP contribution in [0.1, 0.15) is 22.6 Å². The Hall–Kier alpha value is -2.98. The van der Waals surface area contributed by atoms with Crippen LogP contribution < -0.4 is 4.74 Å². The number of hydrogen-bond donors (Lipinski definition) is 1. The van der Waals surface area contributed by atoms with Crippen molar-refractivity contribution in [2.75, 3.05) is 18.2 Å². The highest BCUT2D eigenvalue weighted by Crippen LogP contribution is 2.31. The largest absolute Gasteiger partial charge is 0.493 e. The van der Waals surface area contributed by atoms with E-state index in [0.29, 0.717) is 54.0 Å². The van der Waals surface area contributed by atoms with E-state index in [0.717, 1.165) is 17.7 Å². The van der Waals surface area contributed by atoms with Crippen LogP contribution in [0, 0.1) is 6.92 Å². The number of thioether (sulfide) groups is 1. The normalized spacial score (nSPS) is 16.6. The van der Waals surface area contributed by atoms with Gasteiger partial charge >= 0.3 is 12.1 Å². The fourth-order valence-corrected chi connectivity index (χ4v) is 4.87. The number of carbonyl (C=O) groups is 1. The molecular formula is C24H23F3N2O4S. The number of carboxylic acids is 1. The second-order valence-electron chi connectivity index (χ2n) is 7.94. The molecule has 1 unspecified atom stereocenters. The molecule has 1 fully saturated rings. The van der Waals surface area contributed by atoms with E-state index in [1.807, 2.05) is 29.2 Å². The summed E-state index contributed by atoms with van der Waals surface area (Å²) >= 11 is 1.60. The predicted octanol–water partition coefficient (Wildman–Crippen LogP) is 5.25. The van der Waals surface area contributed by atoms with E-state index >= 15 is 0 Å². The lowest BCUT2D eigenvalue weighted by Crippen LogP contribution is -2.37. The molecular weight excluding hydrogens is 469 g/mol. The number of alkyl halides is 3. The Bertz CT molecular complexity index is 1150. The number of ether oxygens (including phenoxy) is 1. The lowest BCUT2D eigenvalue weighted by molar-refractivity contribution is -0.142. The molecule has 1 aromatic heterocycles. The number of aromatic nitrogens is 1. The van der Waals surface area contributed by atoms with Crippen molar-refractivity contribution in [3.63, 3.8) is 0 Å². The lowest BCUT2D eigenvalue weighted by Gasteiger charge is -2.20. The summed E-state index contributed by atoms with van der Waals surface area (Å²) in [6, 6.07) is 11.7. The SMILES string of the molecule is Cc1oc(-c2ccc(C(F)(F)F)cc2)nc1CCOc1cccc(CN2CSCC2C(=O)O)c1. The third-order valence-electron chi connectivity index (χ3n) is 5.50. The van der Waals surface area contributed by atoms with Gasteiger partial charge in [0, 0.05) is 30.2 Å². The average Bonchev–Trinajstić information content (AvgIpc) is 3.40. The van der Waals surface area contributed by atoms with Crippen molar-refractivity contribution in [2.24, 2.45) is 0 Å². The second kappa shape index (κ2) is 10.1. The number of oxazole rings is 1. The van der Waals surface area contributed by atoms with Crippen molar-refractivity contribution in [2.45, 2.75) is 32.1 Å². The van der Waals surface area contributed by atoms with Gasteiger partial charge in [-0.3, -0.25) is 9.69 Å². The first-order chi connectivity index (χ1) is 16.2. The Morgan fingerprint density at radius 1 is 1.26 bits per heavy atom. The Balaban J connectivity index is 1.35. The van der Waals surface area contributed by atoms with Crippen LogP contribution in [0.2, 0.25) is 0 Å². The molecule has 34 heavy (non-hydrogen) atoms. The molecule has 0 bridgehead atoms. The third kappa shape index (κ3) is 5.74. The number of carboxylic acid groups (broad SMARTS) is 1. The topological polar surface area (TPSA) is 75.8 Å². The van der Waals surface area contributed by atoms with Crippen molar-refractivity contribution >= 4 is 17.7 Å². The molecule has 4 rings (SSSR count). The number of aliphatic carboxylic acids is 1. The summed E-state index contributed by atoms with van der Waals surface area (Å²) < 4.78 is 49.8. The van der Waals surface area contributed by atoms with Gasteiger partial charge in [0.25, 0.3) is 0 Å². The lowest BCUT2D eigenvalue weighted by atomic mass is 10.1. The van der Waals surface area contributed by atoms with E-state index in [4.69, 9.17) is 9.15 Å². The molecule has 2 heterocycles. The fourth-order valence-electron chi connectivity index (χ4n) is 3.68. The Labute approximate surface area is 198 Å². The van der Waals surface area contributed by atoms with Gasteiger partial charge in [0.2, 0.25) is 5.89 Å². The van der Waals surface area contributed by atoms with Crippen LogP contribution in [0.3, 0.4) is 0 Å². The number of hydrogen-bond acceptors (Lipinski definition) is 6. The molecule has 6 nitrogen and oxygen atoms in total. The minimum atomic E-state index is -4.39. The first-order valence-corrected chi connectivity index (χ1v) is 11.8. The standard InChI is InChI=1S/C24H23F3N2O4S/c1-15-20(28-22(33-15)17-5-7-18(8-6-17)24(25,26)27)9-10-32-19-4-2-3-16(11-19)12-29-14-34-13-21(29)23(30)31/h2-8,11,21H,9-10,12-14H2,1H3,(H,30,31). The Kier molecular flexibility index (Phi) is 7.18. The number of aryl methyl sites for hydroxylation is 1. The van der Waals surface area contributed by atoms with Gasteiger partial charge in [0.1, 0.15) is 17.6 Å². The van der Waals surface area contributed by atoms with E-state index in [-0.39, 0.29) is 5.89 Å². The zero-order valence-electron chi connectivity index (χ0n) is 18.3. The van der Waals surface area contributed by atoms with Crippen molar-refractivity contribution in [1.29, 1.82) is 0 Å². The molecule has 0 spiro atoms. The van der Waals surface area contributed by atoms with Gasteiger partial charge in [-0.25, -0.2) is 4.98 Å². The van der Waals surface area contributed by atoms with Gasteiger partial charge in [0.05, 0.1) is 17.9 Å². The highest BCUT2D eigenvalue weighted by molar-refractivity contribution is 7.99.